The van der Waals surface area contributed by atoms with Gasteiger partial charge < -0.3 is 14.4 Å². The smallest absolute Gasteiger partial charge is 0.254 e. The molecule has 0 radical (unpaired) electrons. The van der Waals surface area contributed by atoms with E-state index < -0.39 is 5.92 Å². The molecule has 1 aliphatic heterocycles. The molecular weight excluding hydrogens is 452 g/mol. The van der Waals surface area contributed by atoms with Gasteiger partial charge in [0.15, 0.2) is 0 Å². The van der Waals surface area contributed by atoms with Crippen molar-refractivity contribution in [1.82, 2.24) is 4.90 Å². The zero-order valence-electron chi connectivity index (χ0n) is 21.5. The lowest BCUT2D eigenvalue weighted by Gasteiger charge is -2.27. The number of carbonyl (C=O) groups is 2. The van der Waals surface area contributed by atoms with E-state index in [4.69, 9.17) is 9.47 Å². The summed E-state index contributed by atoms with van der Waals surface area (Å²) in [5.41, 5.74) is 4.81. The van der Waals surface area contributed by atoms with Gasteiger partial charge >= 0.3 is 0 Å². The van der Waals surface area contributed by atoms with Crippen molar-refractivity contribution in [3.05, 3.63) is 93.0 Å². The van der Waals surface area contributed by atoms with Gasteiger partial charge in [-0.3, -0.25) is 9.59 Å². The Bertz CT molecular complexity index is 1410. The molecule has 0 spiro atoms. The van der Waals surface area contributed by atoms with E-state index in [1.54, 1.807) is 37.3 Å². The second-order valence-corrected chi connectivity index (χ2v) is 9.21. The van der Waals surface area contributed by atoms with E-state index in [0.717, 1.165) is 21.7 Å². The van der Waals surface area contributed by atoms with Gasteiger partial charge in [0.1, 0.15) is 11.5 Å². The number of amides is 2. The number of hydrogen-bond acceptors (Lipinski definition) is 4. The number of nitrogens with zero attached hydrogens (tertiary/aromatic N) is 2. The summed E-state index contributed by atoms with van der Waals surface area (Å²) in [4.78, 5) is 33.0. The lowest BCUT2D eigenvalue weighted by molar-refractivity contribution is -0.120. The number of ether oxygens (including phenoxy) is 2. The Labute approximate surface area is 211 Å². The van der Waals surface area contributed by atoms with Gasteiger partial charge in [0, 0.05) is 29.9 Å². The fourth-order valence-electron chi connectivity index (χ4n) is 4.55. The first-order chi connectivity index (χ1) is 17.3. The van der Waals surface area contributed by atoms with E-state index in [1.807, 2.05) is 44.2 Å². The SMILES string of the molecule is COc1cc(OC)cc(C(=O)N(CCc2ccccc2C)CC2C=c3c(C)ccc(C)c3=NC2=O)c1. The minimum Gasteiger partial charge on any atom is -0.497 e. The summed E-state index contributed by atoms with van der Waals surface area (Å²) in [7, 11) is 3.11. The Morgan fingerprint density at radius 3 is 2.25 bits per heavy atom. The zero-order chi connectivity index (χ0) is 25.8. The largest absolute Gasteiger partial charge is 0.497 e. The molecule has 0 fully saturated rings. The average molecular weight is 485 g/mol. The maximum Gasteiger partial charge on any atom is 0.254 e. The van der Waals surface area contributed by atoms with E-state index >= 15 is 0 Å². The third kappa shape index (κ3) is 5.33. The minimum atomic E-state index is -0.522. The second kappa shape index (κ2) is 10.8. The highest BCUT2D eigenvalue weighted by atomic mass is 16.5. The summed E-state index contributed by atoms with van der Waals surface area (Å²) < 4.78 is 10.8. The van der Waals surface area contributed by atoms with Gasteiger partial charge in [0.25, 0.3) is 11.8 Å². The highest BCUT2D eigenvalue weighted by molar-refractivity contribution is 5.96. The molecule has 6 heteroatoms. The van der Waals surface area contributed by atoms with E-state index in [1.165, 1.54) is 11.1 Å². The summed E-state index contributed by atoms with van der Waals surface area (Å²) in [6.07, 6.45) is 2.64. The number of carbonyl (C=O) groups excluding carboxylic acids is 2. The molecule has 1 atom stereocenters. The topological polar surface area (TPSA) is 68.2 Å². The van der Waals surface area contributed by atoms with Gasteiger partial charge in [-0.15, -0.1) is 0 Å². The number of hydrogen-bond donors (Lipinski definition) is 0. The maximum absolute atomic E-state index is 13.8. The lowest BCUT2D eigenvalue weighted by atomic mass is 9.98. The van der Waals surface area contributed by atoms with Crippen molar-refractivity contribution in [2.45, 2.75) is 27.2 Å². The van der Waals surface area contributed by atoms with Crippen LogP contribution < -0.4 is 20.0 Å². The van der Waals surface area contributed by atoms with Crippen LogP contribution in [0.4, 0.5) is 0 Å². The lowest BCUT2D eigenvalue weighted by Crippen LogP contribution is -2.43. The molecule has 186 valence electrons. The van der Waals surface area contributed by atoms with Gasteiger partial charge in [-0.05, 0) is 61.6 Å². The van der Waals surface area contributed by atoms with Crippen molar-refractivity contribution in [3.63, 3.8) is 0 Å². The zero-order valence-corrected chi connectivity index (χ0v) is 21.5. The highest BCUT2D eigenvalue weighted by Crippen LogP contribution is 2.24. The molecule has 3 aromatic carbocycles. The summed E-state index contributed by atoms with van der Waals surface area (Å²) >= 11 is 0. The Balaban J connectivity index is 1.69. The Morgan fingerprint density at radius 1 is 0.917 bits per heavy atom. The predicted molar refractivity (Wildman–Crippen MR) is 140 cm³/mol. The molecule has 4 rings (SSSR count). The second-order valence-electron chi connectivity index (χ2n) is 9.21. The molecule has 0 N–H and O–H groups in total. The van der Waals surface area contributed by atoms with Crippen LogP contribution in [0.1, 0.15) is 32.6 Å². The summed E-state index contributed by atoms with van der Waals surface area (Å²) in [6.45, 7) is 6.73. The van der Waals surface area contributed by atoms with Gasteiger partial charge in [0.05, 0.1) is 25.5 Å². The summed E-state index contributed by atoms with van der Waals surface area (Å²) in [5.74, 6) is 0.131. The fraction of sp³-hybridized carbons (Fsp3) is 0.300. The highest BCUT2D eigenvalue weighted by Gasteiger charge is 2.26. The first kappa shape index (κ1) is 25.2. The standard InChI is InChI=1S/C30H32N2O4/c1-19-8-6-7-9-22(19)12-13-32(30(34)23-14-25(35-4)17-26(15-23)36-5)18-24-16-27-20(2)10-11-21(3)28(27)31-29(24)33/h6-11,14-17,24H,12-13,18H2,1-5H3. The Kier molecular flexibility index (Phi) is 7.53. The number of fused-ring (bicyclic) bond motifs is 1. The van der Waals surface area contributed by atoms with Gasteiger partial charge in [-0.1, -0.05) is 42.5 Å². The number of benzene rings is 3. The predicted octanol–water partition coefficient (Wildman–Crippen LogP) is 3.57. The van der Waals surface area contributed by atoms with Crippen molar-refractivity contribution in [2.75, 3.05) is 27.3 Å². The van der Waals surface area contributed by atoms with Crippen molar-refractivity contribution >= 4 is 17.9 Å². The van der Waals surface area contributed by atoms with E-state index in [0.29, 0.717) is 30.0 Å². The van der Waals surface area contributed by atoms with Crippen molar-refractivity contribution in [2.24, 2.45) is 10.9 Å². The van der Waals surface area contributed by atoms with Crippen LogP contribution in [-0.4, -0.2) is 44.0 Å². The minimum absolute atomic E-state index is 0.186. The van der Waals surface area contributed by atoms with Gasteiger partial charge in [-0.25, -0.2) is 4.99 Å². The molecular formula is C30H32N2O4. The van der Waals surface area contributed by atoms with Crippen LogP contribution in [0, 0.1) is 26.7 Å². The maximum atomic E-state index is 13.8. The molecule has 0 bridgehead atoms. The molecule has 1 heterocycles. The fourth-order valence-corrected chi connectivity index (χ4v) is 4.55. The van der Waals surface area contributed by atoms with Crippen LogP contribution in [0.2, 0.25) is 0 Å². The first-order valence-corrected chi connectivity index (χ1v) is 12.1. The number of methoxy groups -OCH3 is 2. The van der Waals surface area contributed by atoms with E-state index in [9.17, 15) is 9.59 Å². The van der Waals surface area contributed by atoms with Crippen molar-refractivity contribution in [1.29, 1.82) is 0 Å². The summed E-state index contributed by atoms with van der Waals surface area (Å²) in [6, 6.07) is 17.3. The van der Waals surface area contributed by atoms with Gasteiger partial charge in [-0.2, -0.15) is 0 Å². The molecule has 1 unspecified atom stereocenters. The van der Waals surface area contributed by atoms with Crippen molar-refractivity contribution < 1.29 is 19.1 Å². The van der Waals surface area contributed by atoms with Crippen LogP contribution in [0.3, 0.4) is 0 Å². The quantitative estimate of drug-likeness (QED) is 0.490. The molecule has 36 heavy (non-hydrogen) atoms. The Morgan fingerprint density at radius 2 is 1.58 bits per heavy atom. The monoisotopic (exact) mass is 484 g/mol. The first-order valence-electron chi connectivity index (χ1n) is 12.1. The number of rotatable bonds is 8. The molecule has 0 aliphatic carbocycles. The molecule has 3 aromatic rings. The summed E-state index contributed by atoms with van der Waals surface area (Å²) in [5, 5.41) is 1.69. The molecule has 0 aromatic heterocycles. The third-order valence-corrected chi connectivity index (χ3v) is 6.76. The molecule has 6 nitrogen and oxygen atoms in total. The molecule has 0 saturated carbocycles. The van der Waals surface area contributed by atoms with Crippen LogP contribution in [0.15, 0.2) is 59.6 Å². The third-order valence-electron chi connectivity index (χ3n) is 6.76. The molecule has 0 saturated heterocycles. The molecule has 1 aliphatic rings. The van der Waals surface area contributed by atoms with Gasteiger partial charge in [0.2, 0.25) is 0 Å². The van der Waals surface area contributed by atoms with Crippen LogP contribution >= 0.6 is 0 Å². The van der Waals surface area contributed by atoms with Crippen LogP contribution in [-0.2, 0) is 11.2 Å². The van der Waals surface area contributed by atoms with Crippen LogP contribution in [0.25, 0.3) is 6.08 Å². The van der Waals surface area contributed by atoms with Crippen molar-refractivity contribution in [3.8, 4) is 11.5 Å². The van der Waals surface area contributed by atoms with E-state index in [2.05, 4.69) is 24.0 Å². The Hall–Kier alpha value is -3.93. The average Bonchev–Trinajstić information content (AvgIpc) is 2.89. The van der Waals surface area contributed by atoms with E-state index in [-0.39, 0.29) is 18.4 Å². The normalized spacial score (nSPS) is 14.4. The molecule has 2 amide bonds. The number of aryl methyl sites for hydroxylation is 3. The van der Waals surface area contributed by atoms with Crippen LogP contribution in [0.5, 0.6) is 11.5 Å².